The molecule has 28 heavy (non-hydrogen) atoms. The number of hydrogen-bond acceptors (Lipinski definition) is 3. The summed E-state index contributed by atoms with van der Waals surface area (Å²) in [6.07, 6.45) is 9.27. The van der Waals surface area contributed by atoms with Gasteiger partial charge in [-0.2, -0.15) is 5.10 Å². The zero-order chi connectivity index (χ0) is 19.5. The van der Waals surface area contributed by atoms with Gasteiger partial charge in [-0.3, -0.25) is 9.59 Å². The Balaban J connectivity index is 1.47. The normalized spacial score (nSPS) is 15.0. The zero-order valence-electron chi connectivity index (χ0n) is 15.6. The van der Waals surface area contributed by atoms with Gasteiger partial charge in [0.2, 0.25) is 5.91 Å². The Kier molecular flexibility index (Phi) is 5.23. The van der Waals surface area contributed by atoms with Crippen molar-refractivity contribution in [3.63, 3.8) is 0 Å². The largest absolute Gasteiger partial charge is 0.353 e. The van der Waals surface area contributed by atoms with Gasteiger partial charge in [0.15, 0.2) is 0 Å². The van der Waals surface area contributed by atoms with Crippen LogP contribution in [0.3, 0.4) is 0 Å². The van der Waals surface area contributed by atoms with Crippen molar-refractivity contribution < 1.29 is 9.18 Å². The molecule has 6 nitrogen and oxygen atoms in total. The highest BCUT2D eigenvalue weighted by Gasteiger charge is 2.16. The van der Waals surface area contributed by atoms with E-state index in [4.69, 9.17) is 0 Å². The molecule has 1 aliphatic rings. The van der Waals surface area contributed by atoms with Crippen LogP contribution < -0.4 is 10.9 Å². The first-order valence-corrected chi connectivity index (χ1v) is 9.74. The van der Waals surface area contributed by atoms with Crippen LogP contribution in [0.15, 0.2) is 47.5 Å². The number of aryl methyl sites for hydroxylation is 1. The average molecular weight is 382 g/mol. The lowest BCUT2D eigenvalue weighted by molar-refractivity contribution is -0.122. The highest BCUT2D eigenvalue weighted by molar-refractivity contribution is 5.76. The van der Waals surface area contributed by atoms with Crippen LogP contribution in [0, 0.1) is 5.82 Å². The van der Waals surface area contributed by atoms with Crippen molar-refractivity contribution in [2.75, 3.05) is 0 Å². The van der Waals surface area contributed by atoms with Crippen molar-refractivity contribution in [2.24, 2.45) is 0 Å². The summed E-state index contributed by atoms with van der Waals surface area (Å²) in [5.74, 6) is -0.333. The molecule has 146 valence electrons. The molecule has 0 saturated heterocycles. The molecule has 2 heterocycles. The summed E-state index contributed by atoms with van der Waals surface area (Å²) in [5.41, 5.74) is 1.57. The number of carbonyl (C=O) groups is 1. The summed E-state index contributed by atoms with van der Waals surface area (Å²) in [6.45, 7) is 0.324. The number of aromatic nitrogens is 3. The van der Waals surface area contributed by atoms with Crippen molar-refractivity contribution >= 4 is 11.4 Å². The molecule has 3 aromatic rings. The molecule has 0 aliphatic heterocycles. The maximum Gasteiger partial charge on any atom is 0.276 e. The Morgan fingerprint density at radius 2 is 1.89 bits per heavy atom. The summed E-state index contributed by atoms with van der Waals surface area (Å²) in [7, 11) is 0. The predicted molar refractivity (Wildman–Crippen MR) is 104 cm³/mol. The van der Waals surface area contributed by atoms with Crippen molar-refractivity contribution in [2.45, 2.75) is 51.1 Å². The van der Waals surface area contributed by atoms with E-state index in [2.05, 4.69) is 10.4 Å². The minimum atomic E-state index is -0.318. The quantitative estimate of drug-likeness (QED) is 0.737. The van der Waals surface area contributed by atoms with Gasteiger partial charge >= 0.3 is 0 Å². The number of rotatable bonds is 5. The third-order valence-corrected chi connectivity index (χ3v) is 5.29. The summed E-state index contributed by atoms with van der Waals surface area (Å²) in [5, 5.41) is 7.46. The molecular weight excluding hydrogens is 359 g/mol. The van der Waals surface area contributed by atoms with Crippen LogP contribution in [0.25, 0.3) is 16.8 Å². The van der Waals surface area contributed by atoms with Gasteiger partial charge in [-0.1, -0.05) is 19.3 Å². The average Bonchev–Trinajstić information content (AvgIpc) is 3.14. The highest BCUT2D eigenvalue weighted by Crippen LogP contribution is 2.19. The van der Waals surface area contributed by atoms with Crippen LogP contribution in [-0.2, 0) is 11.3 Å². The van der Waals surface area contributed by atoms with E-state index in [9.17, 15) is 14.0 Å². The van der Waals surface area contributed by atoms with Gasteiger partial charge in [0.1, 0.15) is 11.3 Å². The molecule has 1 amide bonds. The van der Waals surface area contributed by atoms with E-state index in [0.29, 0.717) is 17.8 Å². The van der Waals surface area contributed by atoms with E-state index in [1.54, 1.807) is 30.6 Å². The van der Waals surface area contributed by atoms with Crippen LogP contribution in [0.1, 0.15) is 38.5 Å². The molecule has 0 unspecified atom stereocenters. The molecule has 1 saturated carbocycles. The number of fused-ring (bicyclic) bond motifs is 1. The van der Waals surface area contributed by atoms with E-state index < -0.39 is 0 Å². The standard InChI is InChI=1S/C21H23FN4O2/c22-16-8-6-15(7-9-16)18-14-19-21(28)25(12-13-26(19)24-18)11-10-20(27)23-17-4-2-1-3-5-17/h6-9,12-14,17H,1-5,10-11H2,(H,23,27). The minimum Gasteiger partial charge on any atom is -0.353 e. The number of nitrogens with zero attached hydrogens (tertiary/aromatic N) is 3. The Labute approximate surface area is 162 Å². The fraction of sp³-hybridized carbons (Fsp3) is 0.381. The lowest BCUT2D eigenvalue weighted by Gasteiger charge is -2.22. The smallest absolute Gasteiger partial charge is 0.276 e. The van der Waals surface area contributed by atoms with Gasteiger partial charge in [-0.25, -0.2) is 8.91 Å². The van der Waals surface area contributed by atoms with Crippen LogP contribution in [0.4, 0.5) is 4.39 Å². The first-order valence-electron chi connectivity index (χ1n) is 9.74. The Bertz CT molecular complexity index is 1030. The molecule has 0 radical (unpaired) electrons. The number of nitrogens with one attached hydrogen (secondary N) is 1. The van der Waals surface area contributed by atoms with Crippen LogP contribution >= 0.6 is 0 Å². The third kappa shape index (κ3) is 3.98. The molecule has 7 heteroatoms. The summed E-state index contributed by atoms with van der Waals surface area (Å²) in [6, 6.07) is 7.95. The van der Waals surface area contributed by atoms with E-state index in [1.807, 2.05) is 0 Å². The van der Waals surface area contributed by atoms with E-state index in [1.165, 1.54) is 40.5 Å². The van der Waals surface area contributed by atoms with Crippen LogP contribution in [0.5, 0.6) is 0 Å². The topological polar surface area (TPSA) is 68.4 Å². The van der Waals surface area contributed by atoms with Crippen LogP contribution in [0.2, 0.25) is 0 Å². The molecule has 1 aromatic carbocycles. The number of carbonyl (C=O) groups excluding carboxylic acids is 1. The second-order valence-electron chi connectivity index (χ2n) is 7.32. The molecule has 1 fully saturated rings. The molecule has 0 atom stereocenters. The Morgan fingerprint density at radius 1 is 1.14 bits per heavy atom. The third-order valence-electron chi connectivity index (χ3n) is 5.29. The molecule has 1 N–H and O–H groups in total. The lowest BCUT2D eigenvalue weighted by Crippen LogP contribution is -2.37. The maximum atomic E-state index is 13.1. The van der Waals surface area contributed by atoms with Gasteiger partial charge in [-0.05, 0) is 43.2 Å². The molecule has 0 spiro atoms. The fourth-order valence-electron chi connectivity index (χ4n) is 3.73. The summed E-state index contributed by atoms with van der Waals surface area (Å²) >= 11 is 0. The van der Waals surface area contributed by atoms with E-state index in [-0.39, 0.29) is 29.7 Å². The van der Waals surface area contributed by atoms with Crippen molar-refractivity contribution in [3.8, 4) is 11.3 Å². The summed E-state index contributed by atoms with van der Waals surface area (Å²) < 4.78 is 16.2. The number of halogens is 1. The Morgan fingerprint density at radius 3 is 2.64 bits per heavy atom. The number of amides is 1. The SMILES string of the molecule is O=C(CCn1ccn2nc(-c3ccc(F)cc3)cc2c1=O)NC1CCCCC1. The predicted octanol–water partition coefficient (Wildman–Crippen LogP) is 3.14. The highest BCUT2D eigenvalue weighted by atomic mass is 19.1. The molecule has 4 rings (SSSR count). The maximum absolute atomic E-state index is 13.1. The molecule has 1 aliphatic carbocycles. The van der Waals surface area contributed by atoms with Gasteiger partial charge in [0, 0.05) is 37.0 Å². The number of benzene rings is 1. The molecule has 0 bridgehead atoms. The second-order valence-corrected chi connectivity index (χ2v) is 7.32. The Hall–Kier alpha value is -2.96. The second kappa shape index (κ2) is 7.96. The first kappa shape index (κ1) is 18.4. The van der Waals surface area contributed by atoms with Crippen molar-refractivity contribution in [1.82, 2.24) is 19.5 Å². The molecule has 2 aromatic heterocycles. The minimum absolute atomic E-state index is 0.0146. The van der Waals surface area contributed by atoms with E-state index in [0.717, 1.165) is 18.4 Å². The summed E-state index contributed by atoms with van der Waals surface area (Å²) in [4.78, 5) is 24.9. The van der Waals surface area contributed by atoms with E-state index >= 15 is 0 Å². The van der Waals surface area contributed by atoms with Gasteiger partial charge in [0.25, 0.3) is 5.56 Å². The fourth-order valence-corrected chi connectivity index (χ4v) is 3.73. The lowest BCUT2D eigenvalue weighted by atomic mass is 9.95. The van der Waals surface area contributed by atoms with Gasteiger partial charge in [0.05, 0.1) is 5.69 Å². The van der Waals surface area contributed by atoms with Gasteiger partial charge in [-0.15, -0.1) is 0 Å². The van der Waals surface area contributed by atoms with Crippen LogP contribution in [-0.4, -0.2) is 26.1 Å². The monoisotopic (exact) mass is 382 g/mol. The van der Waals surface area contributed by atoms with Gasteiger partial charge < -0.3 is 9.88 Å². The molecular formula is C21H23FN4O2. The van der Waals surface area contributed by atoms with Crippen molar-refractivity contribution in [3.05, 3.63) is 58.9 Å². The first-order chi connectivity index (χ1) is 13.6. The zero-order valence-corrected chi connectivity index (χ0v) is 15.6. The number of hydrogen-bond donors (Lipinski definition) is 1. The van der Waals surface area contributed by atoms with Crippen molar-refractivity contribution in [1.29, 1.82) is 0 Å².